The standard InChI is InChI=1S/C15H26N4OS/c1-12(2)19-6-5-18(11-14(19)4-7-20)10-13-8-16-15(21-3)17-9-13/h8-9,12,14,20H,4-7,10-11H2,1-3H3/t14-/m1/s1. The summed E-state index contributed by atoms with van der Waals surface area (Å²) in [6, 6.07) is 0.975. The van der Waals surface area contributed by atoms with Crippen LogP contribution in [-0.2, 0) is 6.54 Å². The first-order chi connectivity index (χ1) is 10.1. The minimum absolute atomic E-state index is 0.257. The first kappa shape index (κ1) is 16.7. The lowest BCUT2D eigenvalue weighted by molar-refractivity contribution is 0.0348. The molecule has 0 aliphatic carbocycles. The molecule has 1 fully saturated rings. The molecule has 0 amide bonds. The summed E-state index contributed by atoms with van der Waals surface area (Å²) in [5.74, 6) is 0. The minimum Gasteiger partial charge on any atom is -0.396 e. The number of hydrogen-bond acceptors (Lipinski definition) is 6. The molecule has 21 heavy (non-hydrogen) atoms. The fourth-order valence-corrected chi connectivity index (χ4v) is 3.27. The molecule has 2 heterocycles. The number of piperazine rings is 1. The van der Waals surface area contributed by atoms with Gasteiger partial charge in [0.15, 0.2) is 5.16 Å². The Labute approximate surface area is 131 Å². The first-order valence-electron chi connectivity index (χ1n) is 7.58. The molecular formula is C15H26N4OS. The van der Waals surface area contributed by atoms with Crippen molar-refractivity contribution in [1.82, 2.24) is 19.8 Å². The second-order valence-corrected chi connectivity index (χ2v) is 6.58. The van der Waals surface area contributed by atoms with Crippen LogP contribution in [0.2, 0.25) is 0 Å². The molecule has 1 N–H and O–H groups in total. The highest BCUT2D eigenvalue weighted by Crippen LogP contribution is 2.18. The van der Waals surface area contributed by atoms with E-state index in [2.05, 4.69) is 33.6 Å². The second-order valence-electron chi connectivity index (χ2n) is 5.81. The average molecular weight is 310 g/mol. The van der Waals surface area contributed by atoms with Crippen molar-refractivity contribution in [1.29, 1.82) is 0 Å². The number of aromatic nitrogens is 2. The van der Waals surface area contributed by atoms with Crippen molar-refractivity contribution in [2.45, 2.75) is 44.1 Å². The third-order valence-electron chi connectivity index (χ3n) is 4.01. The molecule has 5 nitrogen and oxygen atoms in total. The number of nitrogens with zero attached hydrogens (tertiary/aromatic N) is 4. The van der Waals surface area contributed by atoms with Gasteiger partial charge in [-0.15, -0.1) is 0 Å². The van der Waals surface area contributed by atoms with Crippen LogP contribution in [0.5, 0.6) is 0 Å². The Bertz CT molecular complexity index is 426. The molecule has 6 heteroatoms. The molecule has 0 bridgehead atoms. The Balaban J connectivity index is 1.94. The van der Waals surface area contributed by atoms with Crippen molar-refractivity contribution in [3.05, 3.63) is 18.0 Å². The number of aliphatic hydroxyl groups is 1. The average Bonchev–Trinajstić information content (AvgIpc) is 2.48. The van der Waals surface area contributed by atoms with Gasteiger partial charge in [0.05, 0.1) is 0 Å². The lowest BCUT2D eigenvalue weighted by atomic mass is 10.1. The third-order valence-corrected chi connectivity index (χ3v) is 4.58. The van der Waals surface area contributed by atoms with Crippen molar-refractivity contribution < 1.29 is 5.11 Å². The predicted octanol–water partition coefficient (Wildman–Crippen LogP) is 1.48. The van der Waals surface area contributed by atoms with Gasteiger partial charge in [0.25, 0.3) is 0 Å². The summed E-state index contributed by atoms with van der Waals surface area (Å²) in [4.78, 5) is 13.6. The van der Waals surface area contributed by atoms with Gasteiger partial charge in [-0.1, -0.05) is 11.8 Å². The summed E-state index contributed by atoms with van der Waals surface area (Å²) < 4.78 is 0. The van der Waals surface area contributed by atoms with Gasteiger partial charge in [-0.05, 0) is 26.5 Å². The Kier molecular flexibility index (Phi) is 6.41. The van der Waals surface area contributed by atoms with E-state index in [0.29, 0.717) is 12.1 Å². The zero-order valence-electron chi connectivity index (χ0n) is 13.2. The van der Waals surface area contributed by atoms with E-state index < -0.39 is 0 Å². The Morgan fingerprint density at radius 1 is 1.33 bits per heavy atom. The molecule has 0 radical (unpaired) electrons. The smallest absolute Gasteiger partial charge is 0.187 e. The summed E-state index contributed by atoms with van der Waals surface area (Å²) in [6.45, 7) is 8.74. The van der Waals surface area contributed by atoms with E-state index in [9.17, 15) is 5.11 Å². The van der Waals surface area contributed by atoms with Gasteiger partial charge in [0.1, 0.15) is 0 Å². The molecule has 2 rings (SSSR count). The van der Waals surface area contributed by atoms with E-state index in [0.717, 1.165) is 43.3 Å². The van der Waals surface area contributed by atoms with Crippen LogP contribution in [0.1, 0.15) is 25.8 Å². The van der Waals surface area contributed by atoms with Crippen LogP contribution in [-0.4, -0.2) is 69.5 Å². The van der Waals surface area contributed by atoms with Crippen molar-refractivity contribution >= 4 is 11.8 Å². The molecule has 1 aliphatic rings. The summed E-state index contributed by atoms with van der Waals surface area (Å²) in [5.41, 5.74) is 1.16. The highest BCUT2D eigenvalue weighted by Gasteiger charge is 2.28. The van der Waals surface area contributed by atoms with Crippen molar-refractivity contribution in [3.8, 4) is 0 Å². The van der Waals surface area contributed by atoms with Gasteiger partial charge >= 0.3 is 0 Å². The van der Waals surface area contributed by atoms with E-state index in [1.165, 1.54) is 0 Å². The maximum Gasteiger partial charge on any atom is 0.187 e. The zero-order valence-corrected chi connectivity index (χ0v) is 14.0. The molecule has 1 aliphatic heterocycles. The quantitative estimate of drug-likeness (QED) is 0.634. The largest absolute Gasteiger partial charge is 0.396 e. The molecule has 1 saturated heterocycles. The normalized spacial score (nSPS) is 21.1. The van der Waals surface area contributed by atoms with E-state index in [1.54, 1.807) is 11.8 Å². The molecule has 118 valence electrons. The highest BCUT2D eigenvalue weighted by molar-refractivity contribution is 7.98. The highest BCUT2D eigenvalue weighted by atomic mass is 32.2. The molecule has 0 unspecified atom stereocenters. The molecule has 1 aromatic heterocycles. The van der Waals surface area contributed by atoms with Gasteiger partial charge in [-0.2, -0.15) is 0 Å². The van der Waals surface area contributed by atoms with E-state index in [1.807, 2.05) is 18.6 Å². The second kappa shape index (κ2) is 8.08. The number of thioether (sulfide) groups is 1. The summed E-state index contributed by atoms with van der Waals surface area (Å²) in [7, 11) is 0. The maximum atomic E-state index is 9.28. The maximum absolute atomic E-state index is 9.28. The lowest BCUT2D eigenvalue weighted by Gasteiger charge is -2.43. The van der Waals surface area contributed by atoms with Crippen molar-refractivity contribution in [2.75, 3.05) is 32.5 Å². The van der Waals surface area contributed by atoms with Crippen LogP contribution in [0, 0.1) is 0 Å². The third kappa shape index (κ3) is 4.64. The van der Waals surface area contributed by atoms with Crippen LogP contribution in [0.15, 0.2) is 17.6 Å². The zero-order chi connectivity index (χ0) is 15.2. The van der Waals surface area contributed by atoms with Crippen LogP contribution >= 0.6 is 11.8 Å². The van der Waals surface area contributed by atoms with Crippen molar-refractivity contribution in [2.24, 2.45) is 0 Å². The van der Waals surface area contributed by atoms with E-state index in [4.69, 9.17) is 0 Å². The number of aliphatic hydroxyl groups excluding tert-OH is 1. The Hall–Kier alpha value is -0.690. The molecule has 1 aromatic rings. The summed E-state index contributed by atoms with van der Waals surface area (Å²) >= 11 is 1.56. The predicted molar refractivity (Wildman–Crippen MR) is 86.4 cm³/mol. The van der Waals surface area contributed by atoms with Crippen molar-refractivity contribution in [3.63, 3.8) is 0 Å². The van der Waals surface area contributed by atoms with Gasteiger partial charge in [0.2, 0.25) is 0 Å². The fraction of sp³-hybridized carbons (Fsp3) is 0.733. The van der Waals surface area contributed by atoms with Gasteiger partial charge in [0, 0.05) is 62.8 Å². The summed E-state index contributed by atoms with van der Waals surface area (Å²) in [5, 5.41) is 10.1. The molecule has 0 aromatic carbocycles. The van der Waals surface area contributed by atoms with E-state index >= 15 is 0 Å². The number of hydrogen-bond donors (Lipinski definition) is 1. The minimum atomic E-state index is 0.257. The van der Waals surface area contributed by atoms with Gasteiger partial charge < -0.3 is 5.11 Å². The first-order valence-corrected chi connectivity index (χ1v) is 8.80. The molecule has 1 atom stereocenters. The van der Waals surface area contributed by atoms with Gasteiger partial charge in [-0.25, -0.2) is 9.97 Å². The monoisotopic (exact) mass is 310 g/mol. The SMILES string of the molecule is CSc1ncc(CN2CCN(C(C)C)[C@H](CCO)C2)cn1. The van der Waals surface area contributed by atoms with Gasteiger partial charge in [-0.3, -0.25) is 9.80 Å². The van der Waals surface area contributed by atoms with Crippen LogP contribution in [0.4, 0.5) is 0 Å². The Morgan fingerprint density at radius 3 is 2.62 bits per heavy atom. The number of rotatable bonds is 6. The lowest BCUT2D eigenvalue weighted by Crippen LogP contribution is -2.55. The molecular weight excluding hydrogens is 284 g/mol. The molecule has 0 saturated carbocycles. The Morgan fingerprint density at radius 2 is 2.05 bits per heavy atom. The fourth-order valence-electron chi connectivity index (χ4n) is 2.95. The topological polar surface area (TPSA) is 52.5 Å². The van der Waals surface area contributed by atoms with Crippen LogP contribution < -0.4 is 0 Å². The summed E-state index contributed by atoms with van der Waals surface area (Å²) in [6.07, 6.45) is 6.68. The van der Waals surface area contributed by atoms with E-state index in [-0.39, 0.29) is 6.61 Å². The van der Waals surface area contributed by atoms with Crippen LogP contribution in [0.25, 0.3) is 0 Å². The van der Waals surface area contributed by atoms with Crippen LogP contribution in [0.3, 0.4) is 0 Å². The molecule has 0 spiro atoms.